The highest BCUT2D eigenvalue weighted by atomic mass is 32.2. The van der Waals surface area contributed by atoms with Crippen LogP contribution in [0.3, 0.4) is 0 Å². The fourth-order valence-corrected chi connectivity index (χ4v) is 4.06. The molecule has 0 saturated carbocycles. The van der Waals surface area contributed by atoms with Gasteiger partial charge in [0.1, 0.15) is 11.8 Å². The summed E-state index contributed by atoms with van der Waals surface area (Å²) in [5, 5.41) is 6.94. The van der Waals surface area contributed by atoms with Crippen LogP contribution in [0, 0.1) is 0 Å². The second kappa shape index (κ2) is 7.03. The molecule has 1 fully saturated rings. The Hall–Kier alpha value is -1.15. The first-order valence-corrected chi connectivity index (χ1v) is 8.22. The topological polar surface area (TPSA) is 101 Å². The van der Waals surface area contributed by atoms with Crippen molar-refractivity contribution in [2.75, 3.05) is 26.3 Å². The van der Waals surface area contributed by atoms with Crippen LogP contribution in [0.25, 0.3) is 0 Å². The van der Waals surface area contributed by atoms with Gasteiger partial charge in [0, 0.05) is 19.8 Å². The predicted octanol–water partition coefficient (Wildman–Crippen LogP) is -0.0982. The third-order valence-corrected chi connectivity index (χ3v) is 6.08. The lowest BCUT2D eigenvalue weighted by molar-refractivity contribution is -0.144. The zero-order chi connectivity index (χ0) is 15.3. The first-order valence-electron chi connectivity index (χ1n) is 6.61. The van der Waals surface area contributed by atoms with Crippen LogP contribution in [-0.2, 0) is 24.2 Å². The molecule has 1 N–H and O–H groups in total. The van der Waals surface area contributed by atoms with Gasteiger partial charge in [-0.2, -0.15) is 0 Å². The number of amides is 1. The van der Waals surface area contributed by atoms with Crippen LogP contribution in [0.15, 0.2) is 0 Å². The maximum Gasteiger partial charge on any atom is 0.323 e. The van der Waals surface area contributed by atoms with Crippen molar-refractivity contribution in [1.82, 2.24) is 4.90 Å². The van der Waals surface area contributed by atoms with E-state index < -0.39 is 38.8 Å². The Kier molecular flexibility index (Phi) is 5.94. The van der Waals surface area contributed by atoms with E-state index >= 15 is 0 Å². The Labute approximate surface area is 118 Å². The van der Waals surface area contributed by atoms with Crippen molar-refractivity contribution < 1.29 is 27.9 Å². The summed E-state index contributed by atoms with van der Waals surface area (Å²) in [5.41, 5.74) is 0. The molecule has 20 heavy (non-hydrogen) atoms. The largest absolute Gasteiger partial charge is 0.480 e. The van der Waals surface area contributed by atoms with Crippen molar-refractivity contribution in [1.29, 1.82) is 0 Å². The number of carboxylic acids is 1. The summed E-state index contributed by atoms with van der Waals surface area (Å²) in [6, 6.07) is 0. The molecule has 0 bridgehead atoms. The van der Waals surface area contributed by atoms with Crippen LogP contribution in [0.5, 0.6) is 0 Å². The Morgan fingerprint density at radius 3 is 2.35 bits per heavy atom. The standard InChI is InChI=1S/C12H21NO6S/c1-3-13(8-11(14)15)12(16)9(2)20(17,18)10-4-6-19-7-5-10/h9-10H,3-8H2,1-2H3,(H,14,15). The molecule has 1 aliphatic rings. The van der Waals surface area contributed by atoms with Gasteiger partial charge < -0.3 is 14.7 Å². The highest BCUT2D eigenvalue weighted by molar-refractivity contribution is 7.93. The van der Waals surface area contributed by atoms with Gasteiger partial charge in [0.25, 0.3) is 0 Å². The third-order valence-electron chi connectivity index (χ3n) is 3.49. The van der Waals surface area contributed by atoms with Crippen LogP contribution in [0.2, 0.25) is 0 Å². The molecule has 1 rings (SSSR count). The van der Waals surface area contributed by atoms with Crippen molar-refractivity contribution in [3.8, 4) is 0 Å². The molecule has 0 spiro atoms. The maximum absolute atomic E-state index is 12.4. The average molecular weight is 307 g/mol. The smallest absolute Gasteiger partial charge is 0.323 e. The first kappa shape index (κ1) is 16.9. The molecule has 0 radical (unpaired) electrons. The van der Waals surface area contributed by atoms with Crippen LogP contribution < -0.4 is 0 Å². The quantitative estimate of drug-likeness (QED) is 0.735. The van der Waals surface area contributed by atoms with Gasteiger partial charge in [-0.1, -0.05) is 0 Å². The Morgan fingerprint density at radius 1 is 1.35 bits per heavy atom. The van der Waals surface area contributed by atoms with Crippen LogP contribution in [-0.4, -0.2) is 67.1 Å². The summed E-state index contributed by atoms with van der Waals surface area (Å²) in [6.07, 6.45) is 0.760. The molecule has 1 atom stereocenters. The predicted molar refractivity (Wildman–Crippen MR) is 72.1 cm³/mol. The number of sulfone groups is 1. The lowest BCUT2D eigenvalue weighted by atomic mass is 10.2. The zero-order valence-electron chi connectivity index (χ0n) is 11.7. The Morgan fingerprint density at radius 2 is 1.90 bits per heavy atom. The molecule has 116 valence electrons. The first-order chi connectivity index (χ1) is 9.30. The molecular formula is C12H21NO6S. The summed E-state index contributed by atoms with van der Waals surface area (Å²) in [6.45, 7) is 3.38. The normalized spacial score (nSPS) is 18.5. The summed E-state index contributed by atoms with van der Waals surface area (Å²) in [4.78, 5) is 23.9. The number of rotatable bonds is 6. The van der Waals surface area contributed by atoms with E-state index in [2.05, 4.69) is 0 Å². The van der Waals surface area contributed by atoms with Crippen molar-refractivity contribution in [2.45, 2.75) is 37.2 Å². The number of hydrogen-bond acceptors (Lipinski definition) is 5. The fourth-order valence-electron chi connectivity index (χ4n) is 2.20. The lowest BCUT2D eigenvalue weighted by Crippen LogP contribution is -2.47. The van der Waals surface area contributed by atoms with Crippen LogP contribution in [0.4, 0.5) is 0 Å². The van der Waals surface area contributed by atoms with Gasteiger partial charge >= 0.3 is 5.97 Å². The van der Waals surface area contributed by atoms with Gasteiger partial charge in [-0.25, -0.2) is 8.42 Å². The number of aliphatic carboxylic acids is 1. The molecule has 1 heterocycles. The average Bonchev–Trinajstić information content (AvgIpc) is 2.43. The Bertz CT molecular complexity index is 455. The van der Waals surface area contributed by atoms with Gasteiger partial charge in [-0.3, -0.25) is 9.59 Å². The number of carbonyl (C=O) groups excluding carboxylic acids is 1. The second-order valence-corrected chi connectivity index (χ2v) is 7.34. The van der Waals surface area contributed by atoms with Crippen molar-refractivity contribution in [2.24, 2.45) is 0 Å². The van der Waals surface area contributed by atoms with E-state index in [1.54, 1.807) is 6.92 Å². The molecule has 8 heteroatoms. The second-order valence-electron chi connectivity index (χ2n) is 4.79. The number of carbonyl (C=O) groups is 2. The zero-order valence-corrected chi connectivity index (χ0v) is 12.6. The molecule has 0 aliphatic carbocycles. The SMILES string of the molecule is CCN(CC(=O)O)C(=O)C(C)S(=O)(=O)C1CCOCC1. The van der Waals surface area contributed by atoms with Crippen LogP contribution >= 0.6 is 0 Å². The highest BCUT2D eigenvalue weighted by Crippen LogP contribution is 2.21. The summed E-state index contributed by atoms with van der Waals surface area (Å²) >= 11 is 0. The van der Waals surface area contributed by atoms with E-state index in [1.807, 2.05) is 0 Å². The van der Waals surface area contributed by atoms with Gasteiger partial charge in [0.05, 0.1) is 5.25 Å². The van der Waals surface area contributed by atoms with Crippen LogP contribution in [0.1, 0.15) is 26.7 Å². The molecule has 7 nitrogen and oxygen atoms in total. The minimum Gasteiger partial charge on any atom is -0.480 e. The van der Waals surface area contributed by atoms with E-state index in [4.69, 9.17) is 9.84 Å². The highest BCUT2D eigenvalue weighted by Gasteiger charge is 2.38. The molecule has 1 amide bonds. The molecule has 0 aromatic heterocycles. The lowest BCUT2D eigenvalue weighted by Gasteiger charge is -2.28. The summed E-state index contributed by atoms with van der Waals surface area (Å²) in [7, 11) is -3.62. The molecule has 0 aromatic carbocycles. The summed E-state index contributed by atoms with van der Waals surface area (Å²) in [5.74, 6) is -1.81. The van der Waals surface area contributed by atoms with Crippen molar-refractivity contribution in [3.63, 3.8) is 0 Å². The summed E-state index contributed by atoms with van der Waals surface area (Å²) < 4.78 is 29.9. The number of likely N-dealkylation sites (N-methyl/N-ethyl adjacent to an activating group) is 1. The molecule has 1 unspecified atom stereocenters. The fraction of sp³-hybridized carbons (Fsp3) is 0.833. The molecule has 0 aromatic rings. The molecule has 1 aliphatic heterocycles. The molecular weight excluding hydrogens is 286 g/mol. The van der Waals surface area contributed by atoms with E-state index in [0.29, 0.717) is 26.1 Å². The monoisotopic (exact) mass is 307 g/mol. The molecule has 1 saturated heterocycles. The van der Waals surface area contributed by atoms with E-state index in [1.165, 1.54) is 6.92 Å². The maximum atomic E-state index is 12.4. The number of ether oxygens (including phenoxy) is 1. The van der Waals surface area contributed by atoms with E-state index in [-0.39, 0.29) is 6.54 Å². The van der Waals surface area contributed by atoms with Gasteiger partial charge in [-0.05, 0) is 26.7 Å². The van der Waals surface area contributed by atoms with Crippen molar-refractivity contribution >= 4 is 21.7 Å². The van der Waals surface area contributed by atoms with Gasteiger partial charge in [0.2, 0.25) is 5.91 Å². The number of hydrogen-bond donors (Lipinski definition) is 1. The van der Waals surface area contributed by atoms with E-state index in [9.17, 15) is 18.0 Å². The van der Waals surface area contributed by atoms with Gasteiger partial charge in [0.15, 0.2) is 9.84 Å². The minimum atomic E-state index is -3.62. The number of carboxylic acid groups (broad SMARTS) is 1. The van der Waals surface area contributed by atoms with Gasteiger partial charge in [-0.15, -0.1) is 0 Å². The Balaban J connectivity index is 2.82. The van der Waals surface area contributed by atoms with Crippen molar-refractivity contribution in [3.05, 3.63) is 0 Å². The van der Waals surface area contributed by atoms with E-state index in [0.717, 1.165) is 4.90 Å². The minimum absolute atomic E-state index is 0.165. The number of nitrogens with zero attached hydrogens (tertiary/aromatic N) is 1. The third kappa shape index (κ3) is 3.92.